The SMILES string of the molecule is Cc1nc(CN2CCN([C@H](C(=O)N[C@@H](Cc3ccccc3)[C@@H](O)CN(CC(C)C)S(=O)(=O)c3ccc(C)c(Cl)c3)C(C)C)C2=O)cs1. The average Bonchev–Trinajstić information content (AvgIpc) is 3.58. The molecule has 47 heavy (non-hydrogen) atoms. The Morgan fingerprint density at radius 3 is 2.38 bits per heavy atom. The van der Waals surface area contributed by atoms with E-state index in [9.17, 15) is 23.1 Å². The van der Waals surface area contributed by atoms with Gasteiger partial charge in [0, 0.05) is 36.6 Å². The molecule has 1 fully saturated rings. The lowest BCUT2D eigenvalue weighted by atomic mass is 9.97. The number of halogens is 1. The molecular formula is C34H46ClN5O5S2. The molecule has 13 heteroatoms. The molecule has 0 spiro atoms. The van der Waals surface area contributed by atoms with E-state index in [1.807, 2.05) is 70.3 Å². The quantitative estimate of drug-likeness (QED) is 0.227. The fourth-order valence-electron chi connectivity index (χ4n) is 5.80. The number of aliphatic hydroxyl groups excluding tert-OH is 1. The number of carbonyl (C=O) groups excluding carboxylic acids is 2. The molecule has 3 aromatic rings. The molecule has 1 aromatic heterocycles. The molecule has 3 amide bonds. The second-order valence-electron chi connectivity index (χ2n) is 12.9. The summed E-state index contributed by atoms with van der Waals surface area (Å²) in [6.45, 7) is 12.4. The molecule has 256 valence electrons. The minimum atomic E-state index is -4.03. The van der Waals surface area contributed by atoms with Crippen LogP contribution in [0.25, 0.3) is 0 Å². The number of nitrogens with zero attached hydrogens (tertiary/aromatic N) is 4. The van der Waals surface area contributed by atoms with Crippen LogP contribution in [0.4, 0.5) is 4.79 Å². The van der Waals surface area contributed by atoms with Crippen LogP contribution in [-0.2, 0) is 27.8 Å². The van der Waals surface area contributed by atoms with E-state index in [1.165, 1.54) is 27.8 Å². The number of amides is 3. The van der Waals surface area contributed by atoms with Gasteiger partial charge in [0.2, 0.25) is 15.9 Å². The Labute approximate surface area is 287 Å². The van der Waals surface area contributed by atoms with Gasteiger partial charge in [0.15, 0.2) is 0 Å². The van der Waals surface area contributed by atoms with E-state index in [-0.39, 0.29) is 42.3 Å². The van der Waals surface area contributed by atoms with Crippen molar-refractivity contribution in [2.75, 3.05) is 26.2 Å². The van der Waals surface area contributed by atoms with Crippen LogP contribution in [-0.4, -0.2) is 88.9 Å². The number of hydrogen-bond donors (Lipinski definition) is 2. The summed E-state index contributed by atoms with van der Waals surface area (Å²) in [5.74, 6) is -0.662. The molecule has 10 nitrogen and oxygen atoms in total. The number of aliphatic hydroxyl groups is 1. The van der Waals surface area contributed by atoms with Crippen molar-refractivity contribution in [1.29, 1.82) is 0 Å². The molecule has 2 N–H and O–H groups in total. The van der Waals surface area contributed by atoms with Gasteiger partial charge < -0.3 is 20.2 Å². The Hall–Kier alpha value is -3.03. The van der Waals surface area contributed by atoms with Crippen LogP contribution in [0.2, 0.25) is 5.02 Å². The fraction of sp³-hybridized carbons (Fsp3) is 0.500. The molecule has 0 saturated carbocycles. The molecule has 2 heterocycles. The Morgan fingerprint density at radius 2 is 1.79 bits per heavy atom. The topological polar surface area (TPSA) is 123 Å². The van der Waals surface area contributed by atoms with Gasteiger partial charge in [-0.15, -0.1) is 11.3 Å². The highest BCUT2D eigenvalue weighted by Crippen LogP contribution is 2.25. The standard InChI is InChI=1S/C34H46ClN5O5S2/c1-22(2)18-39(47(44,45)28-13-12-24(5)29(35)17-28)20-31(41)30(16-26-10-8-7-9-11-26)37-33(42)32(23(3)4)40-15-14-38(34(40)43)19-27-21-46-25(6)36-27/h7-13,17,21-23,30-32,41H,14-16,18-20H2,1-6H3,(H,37,42)/t30-,31-,32-/m0/s1. The van der Waals surface area contributed by atoms with E-state index in [0.717, 1.165) is 21.8 Å². The molecule has 0 bridgehead atoms. The van der Waals surface area contributed by atoms with E-state index < -0.39 is 34.1 Å². The summed E-state index contributed by atoms with van der Waals surface area (Å²) < 4.78 is 29.0. The predicted molar refractivity (Wildman–Crippen MR) is 186 cm³/mol. The molecule has 1 aliphatic heterocycles. The summed E-state index contributed by atoms with van der Waals surface area (Å²) >= 11 is 7.82. The number of urea groups is 1. The van der Waals surface area contributed by atoms with Gasteiger partial charge in [0.25, 0.3) is 0 Å². The number of carbonyl (C=O) groups is 2. The highest BCUT2D eigenvalue weighted by Gasteiger charge is 2.40. The number of aryl methyl sites for hydroxylation is 2. The minimum Gasteiger partial charge on any atom is -0.390 e. The zero-order chi connectivity index (χ0) is 34.5. The highest BCUT2D eigenvalue weighted by atomic mass is 35.5. The number of benzene rings is 2. The summed E-state index contributed by atoms with van der Waals surface area (Å²) in [6.07, 6.45) is -1.01. The van der Waals surface area contributed by atoms with E-state index in [4.69, 9.17) is 11.6 Å². The molecule has 0 unspecified atom stereocenters. The zero-order valence-corrected chi connectivity index (χ0v) is 30.3. The summed E-state index contributed by atoms with van der Waals surface area (Å²) in [4.78, 5) is 35.4. The van der Waals surface area contributed by atoms with Crippen LogP contribution in [0.3, 0.4) is 0 Å². The largest absolute Gasteiger partial charge is 0.390 e. The summed E-state index contributed by atoms with van der Waals surface area (Å²) in [5, 5.41) is 17.9. The maximum absolute atomic E-state index is 14.1. The van der Waals surface area contributed by atoms with Gasteiger partial charge in [-0.05, 0) is 55.4 Å². The minimum absolute atomic E-state index is 0.0365. The number of aromatic nitrogens is 1. The van der Waals surface area contributed by atoms with Crippen molar-refractivity contribution in [3.63, 3.8) is 0 Å². The number of nitrogens with one attached hydrogen (secondary N) is 1. The van der Waals surface area contributed by atoms with Gasteiger partial charge in [-0.25, -0.2) is 18.2 Å². The maximum atomic E-state index is 14.1. The Bertz CT molecular complexity index is 1630. The lowest BCUT2D eigenvalue weighted by Gasteiger charge is -2.34. The van der Waals surface area contributed by atoms with Crippen molar-refractivity contribution in [2.45, 2.75) is 77.6 Å². The van der Waals surface area contributed by atoms with Crippen LogP contribution in [0.5, 0.6) is 0 Å². The normalized spacial score (nSPS) is 15.9. The first kappa shape index (κ1) is 36.8. The number of sulfonamides is 1. The van der Waals surface area contributed by atoms with E-state index in [0.29, 0.717) is 24.7 Å². The fourth-order valence-corrected chi connectivity index (χ4v) is 8.30. The number of rotatable bonds is 15. The maximum Gasteiger partial charge on any atom is 0.321 e. The van der Waals surface area contributed by atoms with Gasteiger partial charge >= 0.3 is 6.03 Å². The highest BCUT2D eigenvalue weighted by molar-refractivity contribution is 7.89. The third kappa shape index (κ3) is 9.32. The first-order valence-corrected chi connectivity index (χ1v) is 18.6. The van der Waals surface area contributed by atoms with Crippen LogP contribution in [0.15, 0.2) is 58.8 Å². The first-order valence-electron chi connectivity index (χ1n) is 15.9. The third-order valence-electron chi connectivity index (χ3n) is 8.21. The lowest BCUT2D eigenvalue weighted by Crippen LogP contribution is -2.57. The van der Waals surface area contributed by atoms with Crippen LogP contribution < -0.4 is 5.32 Å². The molecule has 3 atom stereocenters. The molecule has 0 radical (unpaired) electrons. The van der Waals surface area contributed by atoms with Gasteiger partial charge in [-0.2, -0.15) is 4.31 Å². The monoisotopic (exact) mass is 703 g/mol. The predicted octanol–water partition coefficient (Wildman–Crippen LogP) is 5.11. The smallest absolute Gasteiger partial charge is 0.321 e. The summed E-state index contributed by atoms with van der Waals surface area (Å²) in [5.41, 5.74) is 2.43. The van der Waals surface area contributed by atoms with Crippen molar-refractivity contribution in [3.8, 4) is 0 Å². The van der Waals surface area contributed by atoms with Gasteiger partial charge in [-0.3, -0.25) is 4.79 Å². The zero-order valence-electron chi connectivity index (χ0n) is 27.9. The second kappa shape index (κ2) is 15.9. The third-order valence-corrected chi connectivity index (χ3v) is 11.3. The number of hydrogen-bond acceptors (Lipinski definition) is 7. The molecule has 1 aliphatic rings. The van der Waals surface area contributed by atoms with Crippen molar-refractivity contribution < 1.29 is 23.1 Å². The number of thiazole rings is 1. The molecule has 0 aliphatic carbocycles. The Balaban J connectivity index is 1.58. The van der Waals surface area contributed by atoms with Gasteiger partial charge in [0.1, 0.15) is 6.04 Å². The Kier molecular flexibility index (Phi) is 12.5. The van der Waals surface area contributed by atoms with Crippen molar-refractivity contribution in [3.05, 3.63) is 80.8 Å². The molecule has 1 saturated heterocycles. The summed E-state index contributed by atoms with van der Waals surface area (Å²) in [6, 6.07) is 12.1. The Morgan fingerprint density at radius 1 is 1.09 bits per heavy atom. The van der Waals surface area contributed by atoms with Crippen molar-refractivity contribution in [2.24, 2.45) is 11.8 Å². The van der Waals surface area contributed by atoms with Crippen molar-refractivity contribution in [1.82, 2.24) is 24.4 Å². The molecule has 4 rings (SSSR count). The summed E-state index contributed by atoms with van der Waals surface area (Å²) in [7, 11) is -4.03. The van der Waals surface area contributed by atoms with Crippen LogP contribution in [0, 0.1) is 25.7 Å². The van der Waals surface area contributed by atoms with Gasteiger partial charge in [0.05, 0.1) is 34.3 Å². The lowest BCUT2D eigenvalue weighted by molar-refractivity contribution is -0.128. The second-order valence-corrected chi connectivity index (χ2v) is 16.4. The average molecular weight is 704 g/mol. The van der Waals surface area contributed by atoms with Crippen molar-refractivity contribution >= 4 is 44.9 Å². The first-order chi connectivity index (χ1) is 22.2. The van der Waals surface area contributed by atoms with Crippen LogP contribution >= 0.6 is 22.9 Å². The van der Waals surface area contributed by atoms with Gasteiger partial charge in [-0.1, -0.05) is 75.7 Å². The molecule has 2 aromatic carbocycles. The molecular weight excluding hydrogens is 658 g/mol. The van der Waals surface area contributed by atoms with E-state index in [1.54, 1.807) is 22.8 Å². The van der Waals surface area contributed by atoms with E-state index >= 15 is 0 Å². The van der Waals surface area contributed by atoms with Crippen LogP contribution in [0.1, 0.15) is 49.5 Å². The van der Waals surface area contributed by atoms with E-state index in [2.05, 4.69) is 10.3 Å².